The molecule has 0 aromatic carbocycles. The monoisotopic (exact) mass is 126 g/mol. The molecule has 0 N–H and O–H groups in total. The van der Waals surface area contributed by atoms with E-state index < -0.39 is 0 Å². The van der Waals surface area contributed by atoms with Crippen molar-refractivity contribution in [1.29, 1.82) is 0 Å². The lowest BCUT2D eigenvalue weighted by Crippen LogP contribution is -2.23. The lowest BCUT2D eigenvalue weighted by molar-refractivity contribution is -0.127. The van der Waals surface area contributed by atoms with E-state index >= 15 is 0 Å². The highest BCUT2D eigenvalue weighted by Gasteiger charge is 2.17. The van der Waals surface area contributed by atoms with Gasteiger partial charge in [0.15, 0.2) is 11.9 Å². The van der Waals surface area contributed by atoms with Crippen molar-refractivity contribution in [2.45, 2.75) is 25.9 Å². The van der Waals surface area contributed by atoms with Gasteiger partial charge in [0.1, 0.15) is 0 Å². The van der Waals surface area contributed by atoms with Gasteiger partial charge in [0, 0.05) is 6.42 Å². The number of hydrogen-bond donors (Lipinski definition) is 0. The summed E-state index contributed by atoms with van der Waals surface area (Å²) in [5.74, 6) is 0.194. The first kappa shape index (κ1) is 6.33. The predicted molar refractivity (Wildman–Crippen MR) is 33.9 cm³/mol. The van der Waals surface area contributed by atoms with Gasteiger partial charge in [0.2, 0.25) is 0 Å². The van der Waals surface area contributed by atoms with Crippen molar-refractivity contribution in [3.05, 3.63) is 12.3 Å². The maximum absolute atomic E-state index is 10.8. The highest BCUT2D eigenvalue weighted by Crippen LogP contribution is 2.08. The van der Waals surface area contributed by atoms with Crippen LogP contribution in [0, 0.1) is 0 Å². The molecule has 0 fully saturated rings. The minimum Gasteiger partial charge on any atom is -0.491 e. The lowest BCUT2D eigenvalue weighted by Gasteiger charge is -2.15. The first-order valence-corrected chi connectivity index (χ1v) is 3.17. The molecule has 1 aliphatic heterocycles. The van der Waals surface area contributed by atoms with Crippen LogP contribution in [0.1, 0.15) is 19.8 Å². The molecule has 2 heteroatoms. The topological polar surface area (TPSA) is 26.3 Å². The Balaban J connectivity index is 2.53. The van der Waals surface area contributed by atoms with Crippen LogP contribution in [-0.4, -0.2) is 11.9 Å². The average molecular weight is 126 g/mol. The van der Waals surface area contributed by atoms with Crippen molar-refractivity contribution >= 4 is 5.78 Å². The Hall–Kier alpha value is -0.790. The van der Waals surface area contributed by atoms with Crippen molar-refractivity contribution in [3.63, 3.8) is 0 Å². The van der Waals surface area contributed by atoms with Crippen LogP contribution in [0.25, 0.3) is 0 Å². The Morgan fingerprint density at radius 2 is 2.67 bits per heavy atom. The summed E-state index contributed by atoms with van der Waals surface area (Å²) in [7, 11) is 0. The number of carbonyl (C=O) groups excluding carboxylic acids is 1. The predicted octanol–water partition coefficient (Wildman–Crippen LogP) is 1.27. The fourth-order valence-electron chi connectivity index (χ4n) is 0.846. The highest BCUT2D eigenvalue weighted by atomic mass is 16.5. The number of Topliss-reactive ketones (excluding diaryl/α,β-unsaturated/α-hetero) is 1. The second-order valence-electron chi connectivity index (χ2n) is 2.08. The molecule has 1 rings (SSSR count). The number of ether oxygens (including phenoxy) is 1. The molecule has 0 aromatic heterocycles. The summed E-state index contributed by atoms with van der Waals surface area (Å²) >= 11 is 0. The standard InChI is InChI=1S/C7H10O2/c1-2-7-6(8)4-3-5-9-7/h3,5,7H,2,4H2,1H3. The molecule has 0 spiro atoms. The Bertz CT molecular complexity index is 138. The molecule has 1 unspecified atom stereocenters. The van der Waals surface area contributed by atoms with Gasteiger partial charge in [-0.05, 0) is 12.5 Å². The van der Waals surface area contributed by atoms with E-state index in [0.717, 1.165) is 6.42 Å². The van der Waals surface area contributed by atoms with Crippen molar-refractivity contribution < 1.29 is 9.53 Å². The maximum Gasteiger partial charge on any atom is 0.177 e. The summed E-state index contributed by atoms with van der Waals surface area (Å²) in [5, 5.41) is 0. The van der Waals surface area contributed by atoms with Crippen LogP contribution >= 0.6 is 0 Å². The molecule has 0 bridgehead atoms. The summed E-state index contributed by atoms with van der Waals surface area (Å²) in [6.07, 6.45) is 4.50. The largest absolute Gasteiger partial charge is 0.491 e. The van der Waals surface area contributed by atoms with Crippen molar-refractivity contribution in [3.8, 4) is 0 Å². The van der Waals surface area contributed by atoms with Crippen LogP contribution in [0.3, 0.4) is 0 Å². The molecule has 9 heavy (non-hydrogen) atoms. The zero-order valence-corrected chi connectivity index (χ0v) is 5.46. The summed E-state index contributed by atoms with van der Waals surface area (Å²) in [6, 6.07) is 0. The number of carbonyl (C=O) groups is 1. The Kier molecular flexibility index (Phi) is 1.88. The molecule has 0 aliphatic carbocycles. The van der Waals surface area contributed by atoms with E-state index in [0.29, 0.717) is 6.42 Å². The molecule has 50 valence electrons. The molecule has 1 aliphatic rings. The van der Waals surface area contributed by atoms with Gasteiger partial charge in [-0.15, -0.1) is 0 Å². The van der Waals surface area contributed by atoms with Gasteiger partial charge in [-0.3, -0.25) is 4.79 Å². The second kappa shape index (κ2) is 2.67. The Morgan fingerprint density at radius 1 is 1.89 bits per heavy atom. The third kappa shape index (κ3) is 1.31. The molecule has 1 heterocycles. The number of ketones is 1. The van der Waals surface area contributed by atoms with Crippen molar-refractivity contribution in [2.75, 3.05) is 0 Å². The third-order valence-corrected chi connectivity index (χ3v) is 1.39. The number of hydrogen-bond acceptors (Lipinski definition) is 2. The lowest BCUT2D eigenvalue weighted by atomic mass is 10.1. The molecule has 0 radical (unpaired) electrons. The first-order valence-electron chi connectivity index (χ1n) is 3.17. The SMILES string of the molecule is CCC1OC=CCC1=O. The quantitative estimate of drug-likeness (QED) is 0.528. The van der Waals surface area contributed by atoms with Gasteiger partial charge < -0.3 is 4.74 Å². The summed E-state index contributed by atoms with van der Waals surface area (Å²) in [4.78, 5) is 10.8. The van der Waals surface area contributed by atoms with Gasteiger partial charge in [0.05, 0.1) is 6.26 Å². The van der Waals surface area contributed by atoms with Crippen LogP contribution in [0.15, 0.2) is 12.3 Å². The number of rotatable bonds is 1. The Labute approximate surface area is 54.5 Å². The molecule has 0 saturated carbocycles. The molecular weight excluding hydrogens is 116 g/mol. The number of allylic oxidation sites excluding steroid dienone is 1. The third-order valence-electron chi connectivity index (χ3n) is 1.39. The summed E-state index contributed by atoms with van der Waals surface area (Å²) < 4.78 is 5.01. The van der Waals surface area contributed by atoms with E-state index in [9.17, 15) is 4.79 Å². The first-order chi connectivity index (χ1) is 4.34. The van der Waals surface area contributed by atoms with E-state index in [-0.39, 0.29) is 11.9 Å². The normalized spacial score (nSPS) is 25.9. The molecule has 0 saturated heterocycles. The molecule has 2 nitrogen and oxygen atoms in total. The summed E-state index contributed by atoms with van der Waals surface area (Å²) in [6.45, 7) is 1.95. The van der Waals surface area contributed by atoms with E-state index in [1.807, 2.05) is 6.92 Å². The van der Waals surface area contributed by atoms with Crippen LogP contribution in [0.5, 0.6) is 0 Å². The summed E-state index contributed by atoms with van der Waals surface area (Å²) in [5.41, 5.74) is 0. The maximum atomic E-state index is 10.8. The van der Waals surface area contributed by atoms with E-state index in [2.05, 4.69) is 0 Å². The van der Waals surface area contributed by atoms with Crippen LogP contribution < -0.4 is 0 Å². The zero-order chi connectivity index (χ0) is 6.69. The molecular formula is C7H10O2. The van der Waals surface area contributed by atoms with Crippen LogP contribution in [0.2, 0.25) is 0 Å². The van der Waals surface area contributed by atoms with Gasteiger partial charge >= 0.3 is 0 Å². The van der Waals surface area contributed by atoms with Crippen molar-refractivity contribution in [1.82, 2.24) is 0 Å². The second-order valence-corrected chi connectivity index (χ2v) is 2.08. The molecule has 0 aromatic rings. The van der Waals surface area contributed by atoms with Gasteiger partial charge in [0.25, 0.3) is 0 Å². The smallest absolute Gasteiger partial charge is 0.177 e. The van der Waals surface area contributed by atoms with E-state index in [1.165, 1.54) is 0 Å². The van der Waals surface area contributed by atoms with Gasteiger partial charge in [-0.1, -0.05) is 6.92 Å². The fourth-order valence-corrected chi connectivity index (χ4v) is 0.846. The molecule has 0 amide bonds. The minimum absolute atomic E-state index is 0.171. The van der Waals surface area contributed by atoms with Crippen LogP contribution in [0.4, 0.5) is 0 Å². The highest BCUT2D eigenvalue weighted by molar-refractivity contribution is 5.85. The van der Waals surface area contributed by atoms with E-state index in [1.54, 1.807) is 12.3 Å². The fraction of sp³-hybridized carbons (Fsp3) is 0.571. The van der Waals surface area contributed by atoms with Crippen LogP contribution in [-0.2, 0) is 9.53 Å². The zero-order valence-electron chi connectivity index (χ0n) is 5.46. The minimum atomic E-state index is -0.171. The van der Waals surface area contributed by atoms with E-state index in [4.69, 9.17) is 4.74 Å². The Morgan fingerprint density at radius 3 is 3.11 bits per heavy atom. The average Bonchev–Trinajstić information content (AvgIpc) is 1.89. The van der Waals surface area contributed by atoms with Gasteiger partial charge in [-0.25, -0.2) is 0 Å². The van der Waals surface area contributed by atoms with Crippen molar-refractivity contribution in [2.24, 2.45) is 0 Å². The molecule has 1 atom stereocenters. The van der Waals surface area contributed by atoms with Gasteiger partial charge in [-0.2, -0.15) is 0 Å².